The highest BCUT2D eigenvalue weighted by Crippen LogP contribution is 2.21. The molecule has 0 amide bonds. The number of unbranched alkanes of at least 4 members (excludes halogenated alkanes) is 17. The first-order valence-electron chi connectivity index (χ1n) is 60.0. The second-order valence-electron chi connectivity index (χ2n) is 45.5. The topological polar surface area (TPSA) is 293 Å². The average Bonchev–Trinajstić information content (AvgIpc) is 0.908. The summed E-state index contributed by atoms with van der Waals surface area (Å²) in [5, 5.41) is 0. The fourth-order valence-electron chi connectivity index (χ4n) is 16.5. The monoisotopic (exact) mass is 2070 g/mol. The molecule has 0 unspecified atom stereocenters. The number of ketones is 13. The van der Waals surface area contributed by atoms with Crippen LogP contribution in [-0.4, -0.2) is 216 Å². The zero-order valence-corrected chi connectivity index (χ0v) is 98.6. The predicted molar refractivity (Wildman–Crippen MR) is 604 cm³/mol. The second-order valence-corrected chi connectivity index (χ2v) is 45.5. The molecule has 858 valence electrons. The molecule has 1 aliphatic rings. The molecule has 1 saturated heterocycles. The Morgan fingerprint density at radius 2 is 0.356 bits per heavy atom. The van der Waals surface area contributed by atoms with Crippen molar-refractivity contribution in [3.05, 3.63) is 0 Å². The standard InChI is InChI=1S/C30H56N2O4.C26H48O6.C25H46O3.C22H42O4.C21H40O3/c1-26(2)12-6-5-7-13-28(33)14-10-15-29(34)16-11-19-32-22-20-31(21-23-32)18-8-9-24-36-25-17-30(35)27(3)4;1-22(2)10-6-5-7-11-24(27)12-8-13-25(28)14-9-16-30-18-20-32-21-19-31-17-15-26(29)23(3)4;1-21(2)15-10-9-12-17-24(27)19-14-18-23(26)16-11-7-5-6-8-13-20-25(28)22(3)4;1-19(2)11-6-5-7-12-21(23)14-10-15-22(24)13-8-9-16-25-17-18-26-20(3)4;1-18(2)10-6-5-7-11-20(22)12-8-13-21(23)14-9-16-24-17-15-19(3)4/h26-27H,5-25H2,1-4H3;22-23H,5-21H2,1-4H3;21-22H,5-20H2,1-4H3;19-20H,5-18H2,1-4H3;18-19H,5-17H2,1-4H3. The summed E-state index contributed by atoms with van der Waals surface area (Å²) in [6.07, 6.45) is 54.4. The van der Waals surface area contributed by atoms with E-state index in [1.807, 2.05) is 55.4 Å². The first-order chi connectivity index (χ1) is 69.7. The fraction of sp³-hybridized carbons (Fsp3) is 0.895. The third-order valence-corrected chi connectivity index (χ3v) is 26.4. The minimum atomic E-state index is 0.0608. The van der Waals surface area contributed by atoms with Gasteiger partial charge >= 0.3 is 0 Å². The van der Waals surface area contributed by atoms with E-state index in [0.29, 0.717) is 292 Å². The first-order valence-corrected chi connectivity index (χ1v) is 60.0. The molecular weight excluding hydrogens is 1840 g/mol. The van der Waals surface area contributed by atoms with Gasteiger partial charge in [-0.25, -0.2) is 0 Å². The number of carbonyl (C=O) groups excluding carboxylic acids is 13. The van der Waals surface area contributed by atoms with Crippen molar-refractivity contribution in [1.29, 1.82) is 0 Å². The third kappa shape index (κ3) is 120. The summed E-state index contributed by atoms with van der Waals surface area (Å²) in [4.78, 5) is 158. The number of carbonyl (C=O) groups is 13. The van der Waals surface area contributed by atoms with Gasteiger partial charge in [-0.1, -0.05) is 247 Å². The SMILES string of the molecule is CC(C)CCCCCC(=O)CCCC(=O)CCCCCCCCC(=O)C(C)C.CC(C)CCCCCC(=O)CCCC(=O)CCCCOCCOC(C)C.CC(C)CCCCCC(=O)CCCC(=O)CCCN1CCN(CCCCOCCC(=O)C(C)C)CC1.CC(C)CCCCCC(=O)CCCC(=O)CCCOCCC(C)C.CC(C)CCCCCC(=O)CCCC(=O)CCCOCCOCCOCCC(=O)C(C)C. The van der Waals surface area contributed by atoms with Gasteiger partial charge in [0.15, 0.2) is 0 Å². The zero-order chi connectivity index (χ0) is 110. The Balaban J connectivity index is -0.000000870. The largest absolute Gasteiger partial charge is 0.381 e. The molecule has 22 nitrogen and oxygen atoms in total. The first kappa shape index (κ1) is 148. The minimum Gasteiger partial charge on any atom is -0.381 e. The molecule has 0 radical (unpaired) electrons. The normalized spacial score (nSPS) is 12.3. The van der Waals surface area contributed by atoms with Crippen LogP contribution in [0.5, 0.6) is 0 Å². The molecule has 0 aromatic heterocycles. The van der Waals surface area contributed by atoms with Crippen LogP contribution in [-0.2, 0) is 95.5 Å². The second kappa shape index (κ2) is 109. The van der Waals surface area contributed by atoms with E-state index in [-0.39, 0.29) is 52.8 Å². The van der Waals surface area contributed by atoms with E-state index < -0.39 is 0 Å². The number of nitrogens with zero attached hydrogens (tertiary/aromatic N) is 2. The molecule has 1 aliphatic heterocycles. The number of Topliss-reactive ketones (excluding diaryl/α,β-unsaturated/α-hetero) is 13. The summed E-state index contributed by atoms with van der Waals surface area (Å²) < 4.78 is 38.2. The molecule has 146 heavy (non-hydrogen) atoms. The fourth-order valence-corrected chi connectivity index (χ4v) is 16.5. The molecule has 1 fully saturated rings. The summed E-state index contributed by atoms with van der Waals surface area (Å²) in [7, 11) is 0. The Kier molecular flexibility index (Phi) is 110. The van der Waals surface area contributed by atoms with Crippen LogP contribution in [0.4, 0.5) is 0 Å². The van der Waals surface area contributed by atoms with Gasteiger partial charge in [-0.05, 0) is 191 Å². The van der Waals surface area contributed by atoms with E-state index in [1.165, 1.54) is 64.2 Å². The Morgan fingerprint density at radius 1 is 0.164 bits per heavy atom. The number of hydrogen-bond acceptors (Lipinski definition) is 22. The van der Waals surface area contributed by atoms with Crippen molar-refractivity contribution in [3.63, 3.8) is 0 Å². The van der Waals surface area contributed by atoms with Crippen molar-refractivity contribution in [3.8, 4) is 0 Å². The Morgan fingerprint density at radius 3 is 0.637 bits per heavy atom. The van der Waals surface area contributed by atoms with Crippen LogP contribution >= 0.6 is 0 Å². The molecule has 22 heteroatoms. The molecule has 0 atom stereocenters. The van der Waals surface area contributed by atoms with E-state index in [1.54, 1.807) is 0 Å². The maximum atomic E-state index is 12.2. The Labute approximate surface area is 896 Å². The summed E-state index contributed by atoms with van der Waals surface area (Å²) in [5.41, 5.74) is 0. The van der Waals surface area contributed by atoms with E-state index in [2.05, 4.69) is 92.9 Å². The number of piperazine rings is 1. The number of hydrogen-bond donors (Lipinski definition) is 0. The van der Waals surface area contributed by atoms with Gasteiger partial charge in [-0.3, -0.25) is 62.3 Å². The van der Waals surface area contributed by atoms with Gasteiger partial charge in [-0.2, -0.15) is 0 Å². The summed E-state index contributed by atoms with van der Waals surface area (Å²) in [6.45, 7) is 56.3. The molecule has 0 N–H and O–H groups in total. The molecule has 1 rings (SSSR count). The maximum Gasteiger partial charge on any atom is 0.137 e. The van der Waals surface area contributed by atoms with Gasteiger partial charge in [0, 0.05) is 225 Å². The summed E-state index contributed by atoms with van der Waals surface area (Å²) >= 11 is 0. The van der Waals surface area contributed by atoms with Gasteiger partial charge in [0.05, 0.1) is 59.0 Å². The Bertz CT molecular complexity index is 3110. The number of rotatable bonds is 103. The van der Waals surface area contributed by atoms with Gasteiger partial charge < -0.3 is 43.0 Å². The maximum absolute atomic E-state index is 12.2. The molecule has 0 aromatic carbocycles. The van der Waals surface area contributed by atoms with Crippen LogP contribution in [0.3, 0.4) is 0 Å². The van der Waals surface area contributed by atoms with Crippen LogP contribution in [0.25, 0.3) is 0 Å². The number of ether oxygens (including phenoxy) is 7. The van der Waals surface area contributed by atoms with Crippen LogP contribution in [0, 0.1) is 53.3 Å². The highest BCUT2D eigenvalue weighted by atomic mass is 16.5. The van der Waals surface area contributed by atoms with Crippen LogP contribution in [0.15, 0.2) is 0 Å². The van der Waals surface area contributed by atoms with Crippen molar-refractivity contribution >= 4 is 75.2 Å². The minimum absolute atomic E-state index is 0.0608. The highest BCUT2D eigenvalue weighted by Gasteiger charge is 2.20. The van der Waals surface area contributed by atoms with Crippen LogP contribution in [0.1, 0.15) is 537 Å². The molecule has 1 heterocycles. The van der Waals surface area contributed by atoms with Crippen LogP contribution in [0.2, 0.25) is 0 Å². The molecule has 0 saturated carbocycles. The average molecular weight is 2070 g/mol. The van der Waals surface area contributed by atoms with Gasteiger partial charge in [-0.15, -0.1) is 0 Å². The molecule has 0 aliphatic carbocycles. The van der Waals surface area contributed by atoms with E-state index in [4.69, 9.17) is 33.2 Å². The third-order valence-electron chi connectivity index (χ3n) is 26.4. The lowest BCUT2D eigenvalue weighted by Crippen LogP contribution is -2.46. The Hall–Kier alpha value is -4.65. The summed E-state index contributed by atoms with van der Waals surface area (Å²) in [5.74, 6) is 8.58. The van der Waals surface area contributed by atoms with E-state index in [0.717, 1.165) is 249 Å². The van der Waals surface area contributed by atoms with Crippen molar-refractivity contribution < 1.29 is 95.5 Å². The highest BCUT2D eigenvalue weighted by molar-refractivity contribution is 5.85. The van der Waals surface area contributed by atoms with Crippen molar-refractivity contribution in [2.45, 2.75) is 543 Å². The zero-order valence-electron chi connectivity index (χ0n) is 98.6. The van der Waals surface area contributed by atoms with Gasteiger partial charge in [0.1, 0.15) is 75.2 Å². The van der Waals surface area contributed by atoms with Crippen molar-refractivity contribution in [2.75, 3.05) is 125 Å². The lowest BCUT2D eigenvalue weighted by atomic mass is 10.00. The summed E-state index contributed by atoms with van der Waals surface area (Å²) in [6, 6.07) is 0. The van der Waals surface area contributed by atoms with E-state index in [9.17, 15) is 62.3 Å². The van der Waals surface area contributed by atoms with E-state index >= 15 is 0 Å². The van der Waals surface area contributed by atoms with Gasteiger partial charge in [0.2, 0.25) is 0 Å². The van der Waals surface area contributed by atoms with Crippen LogP contribution < -0.4 is 0 Å². The van der Waals surface area contributed by atoms with Crippen molar-refractivity contribution in [1.82, 2.24) is 9.80 Å². The van der Waals surface area contributed by atoms with Gasteiger partial charge in [0.25, 0.3) is 0 Å². The quantitative estimate of drug-likeness (QED) is 0.0511. The smallest absolute Gasteiger partial charge is 0.137 e. The lowest BCUT2D eigenvalue weighted by Gasteiger charge is -2.34. The lowest BCUT2D eigenvalue weighted by molar-refractivity contribution is -0.123. The van der Waals surface area contributed by atoms with Crippen molar-refractivity contribution in [2.24, 2.45) is 53.3 Å². The molecular formula is C124H232N2O20. The molecule has 0 aromatic rings. The predicted octanol–water partition coefficient (Wildman–Crippen LogP) is 29.6. The molecule has 0 spiro atoms. The molecule has 0 bridgehead atoms.